The van der Waals surface area contributed by atoms with Gasteiger partial charge in [-0.25, -0.2) is 4.79 Å². The number of carboxylic acid groups (broad SMARTS) is 2. The molecule has 2 aromatic carbocycles. The molecule has 0 fully saturated rings. The number of carbonyl (C=O) groups is 1. The lowest BCUT2D eigenvalue weighted by Gasteiger charge is -2.15. The molecule has 0 aromatic heterocycles. The molecule has 3 heteroatoms. The molecule has 3 nitrogen and oxygen atoms in total. The van der Waals surface area contributed by atoms with Gasteiger partial charge in [0.15, 0.2) is 0 Å². The number of hydrogen-bond acceptors (Lipinski definition) is 1. The third kappa shape index (κ3) is 5.25. The van der Waals surface area contributed by atoms with Crippen LogP contribution in [0, 0.1) is 0 Å². The van der Waals surface area contributed by atoms with Crippen LogP contribution in [0.1, 0.15) is 30.4 Å². The molecule has 2 rings (SSSR count). The van der Waals surface area contributed by atoms with Crippen molar-refractivity contribution in [3.63, 3.8) is 0 Å². The van der Waals surface area contributed by atoms with E-state index in [-0.39, 0.29) is 0 Å². The minimum atomic E-state index is -1.83. The Morgan fingerprint density at radius 2 is 1.21 bits per heavy atom. The predicted octanol–water partition coefficient (Wildman–Crippen LogP) is 4.45. The first kappa shape index (κ1) is 14.8. The maximum atomic E-state index is 8.56. The number of rotatable bonds is 3. The van der Waals surface area contributed by atoms with E-state index in [1.54, 1.807) is 0 Å². The zero-order chi connectivity index (χ0) is 14.1. The molecule has 19 heavy (non-hydrogen) atoms. The lowest BCUT2D eigenvalue weighted by atomic mass is 9.89. The van der Waals surface area contributed by atoms with Gasteiger partial charge in [-0.3, -0.25) is 0 Å². The molecular weight excluding hydrogens is 240 g/mol. The maximum Gasteiger partial charge on any atom is 0.503 e. The quantitative estimate of drug-likeness (QED) is 0.855. The van der Waals surface area contributed by atoms with Crippen LogP contribution < -0.4 is 0 Å². The monoisotopic (exact) mass is 258 g/mol. The van der Waals surface area contributed by atoms with Crippen molar-refractivity contribution in [3.05, 3.63) is 71.8 Å². The fraction of sp³-hybridized carbons (Fsp3) is 0.188. The molecule has 0 unspecified atom stereocenters. The molecule has 0 aliphatic rings. The molecular formula is C16H18O3. The Morgan fingerprint density at radius 1 is 0.895 bits per heavy atom. The topological polar surface area (TPSA) is 57.5 Å². The Bertz CT molecular complexity index is 436. The van der Waals surface area contributed by atoms with Crippen LogP contribution in [0.3, 0.4) is 0 Å². The fourth-order valence-electron chi connectivity index (χ4n) is 2.03. The summed E-state index contributed by atoms with van der Waals surface area (Å²) in [6.07, 6.45) is -0.686. The molecule has 0 spiro atoms. The second-order valence-electron chi connectivity index (χ2n) is 4.06. The molecule has 0 saturated heterocycles. The van der Waals surface area contributed by atoms with Gasteiger partial charge in [0.25, 0.3) is 0 Å². The Balaban J connectivity index is 0.000000399. The highest BCUT2D eigenvalue weighted by molar-refractivity contribution is 5.53. The molecule has 0 radical (unpaired) electrons. The van der Waals surface area contributed by atoms with Crippen molar-refractivity contribution in [3.8, 4) is 0 Å². The molecule has 0 saturated carbocycles. The van der Waals surface area contributed by atoms with Crippen LogP contribution in [0.25, 0.3) is 0 Å². The van der Waals surface area contributed by atoms with Gasteiger partial charge in [-0.1, -0.05) is 67.6 Å². The first-order valence-corrected chi connectivity index (χ1v) is 6.17. The van der Waals surface area contributed by atoms with E-state index in [4.69, 9.17) is 15.0 Å². The highest BCUT2D eigenvalue weighted by Crippen LogP contribution is 2.26. The Kier molecular flexibility index (Phi) is 6.16. The third-order valence-electron chi connectivity index (χ3n) is 2.81. The maximum absolute atomic E-state index is 8.56. The van der Waals surface area contributed by atoms with E-state index < -0.39 is 6.16 Å². The highest BCUT2D eigenvalue weighted by atomic mass is 16.6. The lowest BCUT2D eigenvalue weighted by Crippen LogP contribution is -1.98. The van der Waals surface area contributed by atoms with Crippen LogP contribution in [0.2, 0.25) is 0 Å². The molecule has 2 N–H and O–H groups in total. The van der Waals surface area contributed by atoms with Crippen molar-refractivity contribution >= 4 is 6.16 Å². The summed E-state index contributed by atoms with van der Waals surface area (Å²) < 4.78 is 0. The average molecular weight is 258 g/mol. The minimum absolute atomic E-state index is 0.535. The van der Waals surface area contributed by atoms with Gasteiger partial charge in [-0.05, 0) is 17.5 Å². The van der Waals surface area contributed by atoms with E-state index in [9.17, 15) is 0 Å². The van der Waals surface area contributed by atoms with Crippen LogP contribution in [-0.4, -0.2) is 16.4 Å². The van der Waals surface area contributed by atoms with Gasteiger partial charge in [0.05, 0.1) is 0 Å². The summed E-state index contributed by atoms with van der Waals surface area (Å²) in [6, 6.07) is 21.4. The first-order chi connectivity index (χ1) is 9.15. The summed E-state index contributed by atoms with van der Waals surface area (Å²) in [6.45, 7) is 2.24. The first-order valence-electron chi connectivity index (χ1n) is 6.17. The molecule has 0 heterocycles. The molecule has 0 aliphatic carbocycles. The van der Waals surface area contributed by atoms with E-state index >= 15 is 0 Å². The fourth-order valence-corrected chi connectivity index (χ4v) is 2.03. The Hall–Kier alpha value is -2.29. The van der Waals surface area contributed by atoms with E-state index in [2.05, 4.69) is 67.6 Å². The summed E-state index contributed by atoms with van der Waals surface area (Å²) in [5.74, 6) is 0.535. The van der Waals surface area contributed by atoms with Crippen molar-refractivity contribution in [2.24, 2.45) is 0 Å². The average Bonchev–Trinajstić information content (AvgIpc) is 2.41. The molecule has 2 aromatic rings. The molecule has 0 amide bonds. The van der Waals surface area contributed by atoms with E-state index in [0.29, 0.717) is 5.92 Å². The zero-order valence-corrected chi connectivity index (χ0v) is 10.9. The van der Waals surface area contributed by atoms with Crippen molar-refractivity contribution in [2.45, 2.75) is 19.3 Å². The predicted molar refractivity (Wildman–Crippen MR) is 75.7 cm³/mol. The van der Waals surface area contributed by atoms with Crippen LogP contribution >= 0.6 is 0 Å². The van der Waals surface area contributed by atoms with Gasteiger partial charge in [-0.15, -0.1) is 0 Å². The third-order valence-corrected chi connectivity index (χ3v) is 2.81. The van der Waals surface area contributed by atoms with E-state index in [0.717, 1.165) is 6.42 Å². The summed E-state index contributed by atoms with van der Waals surface area (Å²) in [5, 5.41) is 13.9. The number of hydrogen-bond donors (Lipinski definition) is 2. The molecule has 0 bridgehead atoms. The van der Waals surface area contributed by atoms with Crippen LogP contribution in [0.4, 0.5) is 4.79 Å². The second kappa shape index (κ2) is 7.93. The van der Waals surface area contributed by atoms with Crippen molar-refractivity contribution in [2.75, 3.05) is 0 Å². The highest BCUT2D eigenvalue weighted by Gasteiger charge is 2.10. The second-order valence-corrected chi connectivity index (χ2v) is 4.06. The summed E-state index contributed by atoms with van der Waals surface area (Å²) >= 11 is 0. The van der Waals surface area contributed by atoms with Gasteiger partial charge in [0.2, 0.25) is 0 Å². The zero-order valence-electron chi connectivity index (χ0n) is 10.9. The minimum Gasteiger partial charge on any atom is -0.450 e. The van der Waals surface area contributed by atoms with E-state index in [1.165, 1.54) is 11.1 Å². The standard InChI is InChI=1S/C15H16.CH2O3/c1-2-15(13-9-5-3-6-10-13)14-11-7-4-8-12-14;2-1(3)4/h3-12,15H,2H2,1H3;(H2,2,3,4). The Morgan fingerprint density at radius 3 is 1.47 bits per heavy atom. The van der Waals surface area contributed by atoms with Gasteiger partial charge >= 0.3 is 6.16 Å². The SMILES string of the molecule is CCC(c1ccccc1)c1ccccc1.O=C(O)O. The van der Waals surface area contributed by atoms with Crippen LogP contribution in [0.15, 0.2) is 60.7 Å². The molecule has 0 aliphatic heterocycles. The number of benzene rings is 2. The smallest absolute Gasteiger partial charge is 0.450 e. The molecule has 100 valence electrons. The Labute approximate surface area is 113 Å². The van der Waals surface area contributed by atoms with Gasteiger partial charge in [-0.2, -0.15) is 0 Å². The van der Waals surface area contributed by atoms with Gasteiger partial charge in [0, 0.05) is 5.92 Å². The van der Waals surface area contributed by atoms with E-state index in [1.807, 2.05) is 0 Å². The largest absolute Gasteiger partial charge is 0.503 e. The van der Waals surface area contributed by atoms with Crippen molar-refractivity contribution in [1.82, 2.24) is 0 Å². The van der Waals surface area contributed by atoms with Crippen LogP contribution in [0.5, 0.6) is 0 Å². The van der Waals surface area contributed by atoms with Crippen LogP contribution in [-0.2, 0) is 0 Å². The molecule has 0 atom stereocenters. The normalized spacial score (nSPS) is 9.58. The van der Waals surface area contributed by atoms with Crippen molar-refractivity contribution < 1.29 is 15.0 Å². The van der Waals surface area contributed by atoms with Gasteiger partial charge in [0.1, 0.15) is 0 Å². The summed E-state index contributed by atoms with van der Waals surface area (Å²) in [4.78, 5) is 8.56. The lowest BCUT2D eigenvalue weighted by molar-refractivity contribution is 0.137. The summed E-state index contributed by atoms with van der Waals surface area (Å²) in [5.41, 5.74) is 2.82. The van der Waals surface area contributed by atoms with Crippen molar-refractivity contribution in [1.29, 1.82) is 0 Å². The summed E-state index contributed by atoms with van der Waals surface area (Å²) in [7, 11) is 0. The van der Waals surface area contributed by atoms with Gasteiger partial charge < -0.3 is 10.2 Å².